The summed E-state index contributed by atoms with van der Waals surface area (Å²) in [6.45, 7) is 8.98. The van der Waals surface area contributed by atoms with E-state index in [0.29, 0.717) is 11.5 Å². The van der Waals surface area contributed by atoms with Crippen molar-refractivity contribution in [1.29, 1.82) is 0 Å². The van der Waals surface area contributed by atoms with E-state index in [4.69, 9.17) is 16.6 Å². The average molecular weight is 305 g/mol. The Kier molecular flexibility index (Phi) is 3.77. The summed E-state index contributed by atoms with van der Waals surface area (Å²) in [6, 6.07) is 6.89. The Bertz CT molecular complexity index is 655. The monoisotopic (exact) mass is 304 g/mol. The van der Waals surface area contributed by atoms with Crippen molar-refractivity contribution in [3.63, 3.8) is 0 Å². The Hall–Kier alpha value is -1.02. The summed E-state index contributed by atoms with van der Waals surface area (Å²) >= 11 is 6.44. The van der Waals surface area contributed by atoms with E-state index >= 15 is 0 Å². The topological polar surface area (TPSA) is 17.8 Å². The van der Waals surface area contributed by atoms with Crippen LogP contribution >= 0.6 is 11.6 Å². The molecule has 0 amide bonds. The highest BCUT2D eigenvalue weighted by atomic mass is 35.5. The Morgan fingerprint density at radius 3 is 2.81 bits per heavy atom. The molecule has 114 valence electrons. The van der Waals surface area contributed by atoms with Gasteiger partial charge in [-0.2, -0.15) is 0 Å². The van der Waals surface area contributed by atoms with Gasteiger partial charge in [0.15, 0.2) is 0 Å². The number of aromatic nitrogens is 2. The molecule has 1 aromatic carbocycles. The van der Waals surface area contributed by atoms with E-state index in [0.717, 1.165) is 11.3 Å². The summed E-state index contributed by atoms with van der Waals surface area (Å²) in [6.07, 6.45) is 5.06. The summed E-state index contributed by atoms with van der Waals surface area (Å²) in [5.74, 6) is 1.03. The molecule has 0 bridgehead atoms. The molecule has 0 spiro atoms. The molecule has 1 fully saturated rings. The third-order valence-electron chi connectivity index (χ3n) is 4.84. The van der Waals surface area contributed by atoms with Crippen molar-refractivity contribution in [2.24, 2.45) is 5.41 Å². The van der Waals surface area contributed by atoms with Gasteiger partial charge in [-0.15, -0.1) is 11.6 Å². The molecule has 2 aromatic rings. The van der Waals surface area contributed by atoms with Crippen molar-refractivity contribution in [3.05, 3.63) is 29.6 Å². The first-order valence-corrected chi connectivity index (χ1v) is 8.44. The lowest BCUT2D eigenvalue weighted by atomic mass is 9.75. The van der Waals surface area contributed by atoms with Crippen LogP contribution in [0.15, 0.2) is 18.2 Å². The van der Waals surface area contributed by atoms with E-state index in [2.05, 4.69) is 43.5 Å². The van der Waals surface area contributed by atoms with Gasteiger partial charge in [0.1, 0.15) is 5.82 Å². The molecule has 0 aliphatic heterocycles. The summed E-state index contributed by atoms with van der Waals surface area (Å²) < 4.78 is 2.45. The Morgan fingerprint density at radius 1 is 1.38 bits per heavy atom. The molecule has 1 aromatic heterocycles. The highest BCUT2D eigenvalue weighted by molar-refractivity contribution is 6.20. The smallest absolute Gasteiger partial charge is 0.127 e. The molecule has 2 nitrogen and oxygen atoms in total. The molecule has 0 radical (unpaired) electrons. The summed E-state index contributed by atoms with van der Waals surface area (Å²) in [7, 11) is 0. The minimum atomic E-state index is -0.0539. The second-order valence-electron chi connectivity index (χ2n) is 7.31. The fraction of sp³-hybridized carbons (Fsp3) is 0.611. The number of hydrogen-bond acceptors (Lipinski definition) is 1. The summed E-state index contributed by atoms with van der Waals surface area (Å²) in [4.78, 5) is 4.83. The molecule has 3 heteroatoms. The van der Waals surface area contributed by atoms with Gasteiger partial charge in [-0.25, -0.2) is 4.98 Å². The molecule has 1 saturated carbocycles. The zero-order chi connectivity index (χ0) is 15.2. The predicted octanol–water partition coefficient (Wildman–Crippen LogP) is 5.79. The molecular weight excluding hydrogens is 280 g/mol. The average Bonchev–Trinajstić information content (AvgIpc) is 2.78. The van der Waals surface area contributed by atoms with Gasteiger partial charge in [0.25, 0.3) is 0 Å². The van der Waals surface area contributed by atoms with Crippen LogP contribution < -0.4 is 0 Å². The van der Waals surface area contributed by atoms with Crippen LogP contribution in [0.4, 0.5) is 0 Å². The number of fused-ring (bicyclic) bond motifs is 1. The fourth-order valence-electron chi connectivity index (χ4n) is 3.87. The predicted molar refractivity (Wildman–Crippen MR) is 90.0 cm³/mol. The Labute approximate surface area is 132 Å². The number of aryl methyl sites for hydroxylation is 1. The van der Waals surface area contributed by atoms with Crippen LogP contribution in [0.25, 0.3) is 11.0 Å². The lowest BCUT2D eigenvalue weighted by Crippen LogP contribution is -2.26. The maximum atomic E-state index is 6.44. The van der Waals surface area contributed by atoms with E-state index in [1.165, 1.54) is 36.8 Å². The van der Waals surface area contributed by atoms with Gasteiger partial charge < -0.3 is 4.57 Å². The van der Waals surface area contributed by atoms with Crippen molar-refractivity contribution in [2.45, 2.75) is 64.8 Å². The largest absolute Gasteiger partial charge is 0.323 e. The van der Waals surface area contributed by atoms with Crippen LogP contribution in [-0.2, 0) is 0 Å². The maximum Gasteiger partial charge on any atom is 0.127 e. The molecule has 1 aliphatic rings. The number of hydrogen-bond donors (Lipinski definition) is 0. The third-order valence-corrected chi connectivity index (χ3v) is 5.03. The number of halogens is 1. The first-order valence-electron chi connectivity index (χ1n) is 8.00. The second-order valence-corrected chi connectivity index (χ2v) is 7.97. The molecule has 21 heavy (non-hydrogen) atoms. The van der Waals surface area contributed by atoms with Crippen LogP contribution in [0.2, 0.25) is 0 Å². The fourth-order valence-corrected chi connectivity index (χ4v) is 4.02. The van der Waals surface area contributed by atoms with Gasteiger partial charge in [0, 0.05) is 6.04 Å². The quantitative estimate of drug-likeness (QED) is 0.642. The summed E-state index contributed by atoms with van der Waals surface area (Å²) in [5, 5.41) is -0.0539. The molecule has 1 heterocycles. The maximum absolute atomic E-state index is 6.44. The molecule has 3 rings (SSSR count). The van der Waals surface area contributed by atoms with Gasteiger partial charge >= 0.3 is 0 Å². The Morgan fingerprint density at radius 2 is 2.14 bits per heavy atom. The highest BCUT2D eigenvalue weighted by Crippen LogP contribution is 2.43. The van der Waals surface area contributed by atoms with Crippen molar-refractivity contribution < 1.29 is 0 Å². The van der Waals surface area contributed by atoms with E-state index in [1.54, 1.807) is 0 Å². The molecule has 1 aliphatic carbocycles. The zero-order valence-corrected chi connectivity index (χ0v) is 14.2. The van der Waals surface area contributed by atoms with E-state index in [-0.39, 0.29) is 5.38 Å². The third kappa shape index (κ3) is 2.70. The van der Waals surface area contributed by atoms with Crippen LogP contribution in [0, 0.1) is 12.3 Å². The molecule has 0 N–H and O–H groups in total. The summed E-state index contributed by atoms with van der Waals surface area (Å²) in [5.41, 5.74) is 4.07. The van der Waals surface area contributed by atoms with E-state index < -0.39 is 0 Å². The van der Waals surface area contributed by atoms with Crippen LogP contribution in [0.5, 0.6) is 0 Å². The number of rotatable bonds is 2. The Balaban J connectivity index is 2.17. The molecular formula is C18H25ClN2. The van der Waals surface area contributed by atoms with Crippen molar-refractivity contribution >= 4 is 22.6 Å². The first kappa shape index (κ1) is 14.9. The number of imidazole rings is 1. The van der Waals surface area contributed by atoms with Crippen LogP contribution in [0.1, 0.15) is 69.3 Å². The minimum Gasteiger partial charge on any atom is -0.323 e. The first-order chi connectivity index (χ1) is 9.89. The van der Waals surface area contributed by atoms with E-state index in [1.807, 2.05) is 6.92 Å². The number of benzene rings is 1. The number of nitrogens with zero attached hydrogens (tertiary/aromatic N) is 2. The second kappa shape index (κ2) is 5.31. The number of para-hydroxylation sites is 1. The minimum absolute atomic E-state index is 0.0539. The molecule has 0 saturated heterocycles. The van der Waals surface area contributed by atoms with Crippen molar-refractivity contribution in [1.82, 2.24) is 9.55 Å². The van der Waals surface area contributed by atoms with Crippen molar-refractivity contribution in [2.75, 3.05) is 0 Å². The SMILES string of the molecule is Cc1cccc2nc(C(C)Cl)n(C3CCCC(C)(C)C3)c12. The van der Waals surface area contributed by atoms with Gasteiger partial charge in [-0.05, 0) is 50.2 Å². The molecule has 2 atom stereocenters. The van der Waals surface area contributed by atoms with Crippen LogP contribution in [-0.4, -0.2) is 9.55 Å². The highest BCUT2D eigenvalue weighted by Gasteiger charge is 2.32. The van der Waals surface area contributed by atoms with Gasteiger partial charge in [0.05, 0.1) is 16.4 Å². The van der Waals surface area contributed by atoms with Crippen molar-refractivity contribution in [3.8, 4) is 0 Å². The van der Waals surface area contributed by atoms with Crippen LogP contribution in [0.3, 0.4) is 0 Å². The van der Waals surface area contributed by atoms with Gasteiger partial charge in [-0.3, -0.25) is 0 Å². The van der Waals surface area contributed by atoms with E-state index in [9.17, 15) is 0 Å². The number of alkyl halides is 1. The normalized spacial score (nSPS) is 23.4. The standard InChI is InChI=1S/C18H25ClN2/c1-12-7-5-9-15-16(12)21(17(20-15)13(2)19)14-8-6-10-18(3,4)11-14/h5,7,9,13-14H,6,8,10-11H2,1-4H3. The van der Waals surface area contributed by atoms with Gasteiger partial charge in [0.2, 0.25) is 0 Å². The van der Waals surface area contributed by atoms with Gasteiger partial charge in [-0.1, -0.05) is 32.4 Å². The lowest BCUT2D eigenvalue weighted by Gasteiger charge is -2.37. The zero-order valence-electron chi connectivity index (χ0n) is 13.5. The molecule has 2 unspecified atom stereocenters. The lowest BCUT2D eigenvalue weighted by molar-refractivity contribution is 0.183.